The van der Waals surface area contributed by atoms with Crippen LogP contribution >= 0.6 is 0 Å². The Bertz CT molecular complexity index is 500. The second-order valence-electron chi connectivity index (χ2n) is 5.18. The van der Waals surface area contributed by atoms with Gasteiger partial charge in [-0.2, -0.15) is 0 Å². The first-order valence-electron chi connectivity index (χ1n) is 6.75. The van der Waals surface area contributed by atoms with E-state index in [1.165, 1.54) is 12.1 Å². The lowest BCUT2D eigenvalue weighted by Gasteiger charge is -2.11. The third-order valence-electron chi connectivity index (χ3n) is 3.12. The van der Waals surface area contributed by atoms with Gasteiger partial charge in [0.05, 0.1) is 5.92 Å². The van der Waals surface area contributed by atoms with Gasteiger partial charge in [0, 0.05) is 6.04 Å². The van der Waals surface area contributed by atoms with E-state index >= 15 is 0 Å². The van der Waals surface area contributed by atoms with Crippen molar-refractivity contribution in [2.45, 2.75) is 32.2 Å². The fraction of sp³-hybridized carbons (Fsp3) is 0.467. The van der Waals surface area contributed by atoms with Gasteiger partial charge in [0.15, 0.2) is 6.61 Å². The molecule has 1 aliphatic rings. The quantitative estimate of drug-likeness (QED) is 0.808. The molecule has 1 atom stereocenters. The standard InChI is InChI=1S/C15H18FNO3/c1-10(7-11-3-2-4-12(16)8-11)15(19)20-9-14(18)17-13-5-6-13/h2-4,8,10,13H,5-7,9H2,1H3,(H,17,18). The molecule has 20 heavy (non-hydrogen) atoms. The number of hydrogen-bond acceptors (Lipinski definition) is 3. The average molecular weight is 279 g/mol. The van der Waals surface area contributed by atoms with Gasteiger partial charge in [-0.15, -0.1) is 0 Å². The van der Waals surface area contributed by atoms with Crippen molar-refractivity contribution in [1.82, 2.24) is 5.32 Å². The number of nitrogens with one attached hydrogen (secondary N) is 1. The molecule has 0 bridgehead atoms. The minimum atomic E-state index is -0.444. The second-order valence-corrected chi connectivity index (χ2v) is 5.18. The molecule has 0 radical (unpaired) electrons. The zero-order chi connectivity index (χ0) is 14.5. The molecule has 0 aliphatic heterocycles. The molecule has 0 heterocycles. The van der Waals surface area contributed by atoms with Crippen LogP contribution < -0.4 is 5.32 Å². The van der Waals surface area contributed by atoms with Crippen LogP contribution in [0.3, 0.4) is 0 Å². The van der Waals surface area contributed by atoms with Crippen LogP contribution in [0.4, 0.5) is 4.39 Å². The van der Waals surface area contributed by atoms with E-state index in [0.29, 0.717) is 6.42 Å². The Hall–Kier alpha value is -1.91. The van der Waals surface area contributed by atoms with Crippen molar-refractivity contribution in [3.05, 3.63) is 35.6 Å². The molecule has 5 heteroatoms. The van der Waals surface area contributed by atoms with Crippen LogP contribution in [-0.4, -0.2) is 24.5 Å². The molecule has 1 aliphatic carbocycles. The van der Waals surface area contributed by atoms with Gasteiger partial charge in [-0.1, -0.05) is 19.1 Å². The topological polar surface area (TPSA) is 55.4 Å². The summed E-state index contributed by atoms with van der Waals surface area (Å²) < 4.78 is 18.0. The van der Waals surface area contributed by atoms with Gasteiger partial charge in [-0.05, 0) is 37.0 Å². The molecule has 1 aromatic carbocycles. The van der Waals surface area contributed by atoms with Crippen molar-refractivity contribution in [2.24, 2.45) is 5.92 Å². The van der Waals surface area contributed by atoms with Gasteiger partial charge in [0.1, 0.15) is 5.82 Å². The number of rotatable bonds is 6. The molecule has 0 aromatic heterocycles. The zero-order valence-corrected chi connectivity index (χ0v) is 11.4. The highest BCUT2D eigenvalue weighted by Crippen LogP contribution is 2.18. The molecule has 108 valence electrons. The molecule has 1 aromatic rings. The molecule has 0 saturated heterocycles. The summed E-state index contributed by atoms with van der Waals surface area (Å²) in [5, 5.41) is 2.74. The van der Waals surface area contributed by atoms with E-state index in [2.05, 4.69) is 5.32 Å². The Morgan fingerprint density at radius 1 is 1.45 bits per heavy atom. The average Bonchev–Trinajstić information content (AvgIpc) is 3.19. The molecule has 1 N–H and O–H groups in total. The molecular formula is C15H18FNO3. The second kappa shape index (κ2) is 6.50. The summed E-state index contributed by atoms with van der Waals surface area (Å²) in [7, 11) is 0. The van der Waals surface area contributed by atoms with Crippen molar-refractivity contribution in [2.75, 3.05) is 6.61 Å². The normalized spacial score (nSPS) is 15.5. The summed E-state index contributed by atoms with van der Waals surface area (Å²) >= 11 is 0. The van der Waals surface area contributed by atoms with Gasteiger partial charge >= 0.3 is 5.97 Å². The SMILES string of the molecule is CC(Cc1cccc(F)c1)C(=O)OCC(=O)NC1CC1. The van der Waals surface area contributed by atoms with Crippen LogP contribution in [0.2, 0.25) is 0 Å². The highest BCUT2D eigenvalue weighted by molar-refractivity contribution is 5.81. The Kier molecular flexibility index (Phi) is 4.71. The molecule has 1 fully saturated rings. The number of hydrogen-bond donors (Lipinski definition) is 1. The number of amides is 1. The Morgan fingerprint density at radius 2 is 2.20 bits per heavy atom. The number of esters is 1. The third-order valence-corrected chi connectivity index (χ3v) is 3.12. The van der Waals surface area contributed by atoms with E-state index in [-0.39, 0.29) is 24.4 Å². The Morgan fingerprint density at radius 3 is 2.85 bits per heavy atom. The minimum absolute atomic E-state index is 0.247. The predicted molar refractivity (Wildman–Crippen MR) is 71.4 cm³/mol. The summed E-state index contributed by atoms with van der Waals surface area (Å²) in [6, 6.07) is 6.36. The van der Waals surface area contributed by atoms with E-state index in [0.717, 1.165) is 18.4 Å². The molecular weight excluding hydrogens is 261 g/mol. The highest BCUT2D eigenvalue weighted by Gasteiger charge is 2.24. The van der Waals surface area contributed by atoms with Crippen molar-refractivity contribution < 1.29 is 18.7 Å². The Balaban J connectivity index is 1.74. The molecule has 1 saturated carbocycles. The van der Waals surface area contributed by atoms with Crippen molar-refractivity contribution in [3.8, 4) is 0 Å². The van der Waals surface area contributed by atoms with Gasteiger partial charge in [0.2, 0.25) is 0 Å². The van der Waals surface area contributed by atoms with E-state index in [1.54, 1.807) is 19.1 Å². The van der Waals surface area contributed by atoms with Crippen LogP contribution in [0.5, 0.6) is 0 Å². The third kappa shape index (κ3) is 4.64. The number of halogens is 1. The van der Waals surface area contributed by atoms with E-state index in [9.17, 15) is 14.0 Å². The predicted octanol–water partition coefficient (Wildman–Crippen LogP) is 1.83. The summed E-state index contributed by atoms with van der Waals surface area (Å²) in [4.78, 5) is 23.1. The molecule has 4 nitrogen and oxygen atoms in total. The van der Waals surface area contributed by atoms with Crippen LogP contribution in [0, 0.1) is 11.7 Å². The molecule has 2 rings (SSSR count). The molecule has 1 amide bonds. The summed E-state index contributed by atoms with van der Waals surface area (Å²) in [5.41, 5.74) is 0.733. The lowest BCUT2D eigenvalue weighted by Crippen LogP contribution is -2.31. The van der Waals surface area contributed by atoms with E-state index in [4.69, 9.17) is 4.74 Å². The number of benzene rings is 1. The van der Waals surface area contributed by atoms with Crippen LogP contribution in [0.15, 0.2) is 24.3 Å². The highest BCUT2D eigenvalue weighted by atomic mass is 19.1. The largest absolute Gasteiger partial charge is 0.455 e. The number of carbonyl (C=O) groups is 2. The van der Waals surface area contributed by atoms with Crippen LogP contribution in [0.1, 0.15) is 25.3 Å². The lowest BCUT2D eigenvalue weighted by atomic mass is 10.0. The Labute approximate surface area is 117 Å². The van der Waals surface area contributed by atoms with Crippen LogP contribution in [0.25, 0.3) is 0 Å². The molecule has 0 spiro atoms. The molecule has 1 unspecified atom stereocenters. The van der Waals surface area contributed by atoms with Crippen LogP contribution in [-0.2, 0) is 20.7 Å². The minimum Gasteiger partial charge on any atom is -0.455 e. The fourth-order valence-corrected chi connectivity index (χ4v) is 1.88. The zero-order valence-electron chi connectivity index (χ0n) is 11.4. The first-order valence-corrected chi connectivity index (χ1v) is 6.75. The van der Waals surface area contributed by atoms with Crippen molar-refractivity contribution >= 4 is 11.9 Å². The summed E-state index contributed by atoms with van der Waals surface area (Å²) in [6.45, 7) is 1.45. The van der Waals surface area contributed by atoms with Gasteiger partial charge in [-0.25, -0.2) is 4.39 Å². The monoisotopic (exact) mass is 279 g/mol. The van der Waals surface area contributed by atoms with E-state index in [1.807, 2.05) is 0 Å². The first kappa shape index (κ1) is 14.5. The van der Waals surface area contributed by atoms with E-state index < -0.39 is 11.9 Å². The van der Waals surface area contributed by atoms with Crippen molar-refractivity contribution in [1.29, 1.82) is 0 Å². The fourth-order valence-electron chi connectivity index (χ4n) is 1.88. The van der Waals surface area contributed by atoms with Gasteiger partial charge in [0.25, 0.3) is 5.91 Å². The van der Waals surface area contributed by atoms with Gasteiger partial charge in [-0.3, -0.25) is 9.59 Å². The smallest absolute Gasteiger partial charge is 0.309 e. The van der Waals surface area contributed by atoms with Gasteiger partial charge < -0.3 is 10.1 Å². The summed E-state index contributed by atoms with van der Waals surface area (Å²) in [6.07, 6.45) is 2.38. The first-order chi connectivity index (χ1) is 9.54. The maximum Gasteiger partial charge on any atom is 0.309 e. The maximum absolute atomic E-state index is 13.0. The number of ether oxygens (including phenoxy) is 1. The summed E-state index contributed by atoms with van der Waals surface area (Å²) in [5.74, 6) is -1.45. The number of carbonyl (C=O) groups excluding carboxylic acids is 2. The van der Waals surface area contributed by atoms with Crippen molar-refractivity contribution in [3.63, 3.8) is 0 Å². The lowest BCUT2D eigenvalue weighted by molar-refractivity contribution is -0.152. The maximum atomic E-state index is 13.0.